The molecule has 0 radical (unpaired) electrons. The highest BCUT2D eigenvalue weighted by Gasteiger charge is 2.09. The van der Waals surface area contributed by atoms with Gasteiger partial charge in [-0.05, 0) is 18.2 Å². The third-order valence-electron chi connectivity index (χ3n) is 2.64. The van der Waals surface area contributed by atoms with Crippen LogP contribution in [-0.2, 0) is 6.61 Å². The van der Waals surface area contributed by atoms with Crippen molar-refractivity contribution in [3.63, 3.8) is 0 Å². The van der Waals surface area contributed by atoms with Crippen molar-refractivity contribution in [1.82, 2.24) is 0 Å². The average Bonchev–Trinajstić information content (AvgIpc) is 2.42. The summed E-state index contributed by atoms with van der Waals surface area (Å²) in [5.74, 6) is -0.879. The molecule has 0 saturated carbocycles. The van der Waals surface area contributed by atoms with Crippen molar-refractivity contribution in [3.05, 3.63) is 53.6 Å². The van der Waals surface area contributed by atoms with Gasteiger partial charge in [-0.15, -0.1) is 0 Å². The lowest BCUT2D eigenvalue weighted by atomic mass is 10.2. The number of hydrogen-bond donors (Lipinski definition) is 1. The van der Waals surface area contributed by atoms with E-state index in [1.807, 2.05) is 0 Å². The lowest BCUT2D eigenvalue weighted by Gasteiger charge is -2.11. The van der Waals surface area contributed by atoms with Gasteiger partial charge >= 0.3 is 0 Å². The molecule has 2 aromatic rings. The molecule has 0 aliphatic rings. The van der Waals surface area contributed by atoms with Gasteiger partial charge in [0.1, 0.15) is 18.1 Å². The maximum absolute atomic E-state index is 13.4. The molecule has 2 N–H and O–H groups in total. The van der Waals surface area contributed by atoms with Crippen molar-refractivity contribution in [2.75, 3.05) is 12.8 Å². The maximum atomic E-state index is 13.4. The number of rotatable bonds is 4. The summed E-state index contributed by atoms with van der Waals surface area (Å²) in [6.07, 6.45) is 0. The Morgan fingerprint density at radius 3 is 2.68 bits per heavy atom. The first-order valence-electron chi connectivity index (χ1n) is 5.61. The van der Waals surface area contributed by atoms with Gasteiger partial charge in [-0.25, -0.2) is 8.78 Å². The standard InChI is InChI=1S/C14H13F2NO2/c1-18-10-5-6-12(17)13(7-10)19-8-9-3-2-4-11(15)14(9)16/h2-7H,8,17H2,1H3. The number of methoxy groups -OCH3 is 1. The van der Waals surface area contributed by atoms with E-state index in [1.165, 1.54) is 19.2 Å². The molecule has 0 spiro atoms. The van der Waals surface area contributed by atoms with Crippen LogP contribution in [0.5, 0.6) is 11.5 Å². The highest BCUT2D eigenvalue weighted by atomic mass is 19.2. The van der Waals surface area contributed by atoms with Crippen molar-refractivity contribution in [2.24, 2.45) is 0 Å². The summed E-state index contributed by atoms with van der Waals surface area (Å²) in [4.78, 5) is 0. The smallest absolute Gasteiger partial charge is 0.165 e. The van der Waals surface area contributed by atoms with Crippen molar-refractivity contribution < 1.29 is 18.3 Å². The van der Waals surface area contributed by atoms with E-state index in [1.54, 1.807) is 18.2 Å². The van der Waals surface area contributed by atoms with Gasteiger partial charge in [0.2, 0.25) is 0 Å². The number of hydrogen-bond acceptors (Lipinski definition) is 3. The lowest BCUT2D eigenvalue weighted by molar-refractivity contribution is 0.296. The van der Waals surface area contributed by atoms with Gasteiger partial charge in [-0.1, -0.05) is 12.1 Å². The second kappa shape index (κ2) is 5.56. The Kier molecular flexibility index (Phi) is 3.85. The molecule has 0 aromatic heterocycles. The van der Waals surface area contributed by atoms with Crippen LogP contribution < -0.4 is 15.2 Å². The molecule has 0 aliphatic carbocycles. The van der Waals surface area contributed by atoms with Crippen LogP contribution in [0.15, 0.2) is 36.4 Å². The fourth-order valence-electron chi connectivity index (χ4n) is 1.58. The third-order valence-corrected chi connectivity index (χ3v) is 2.64. The minimum absolute atomic E-state index is 0.110. The number of nitrogens with two attached hydrogens (primary N) is 1. The highest BCUT2D eigenvalue weighted by Crippen LogP contribution is 2.27. The molecule has 100 valence electrons. The molecule has 0 aliphatic heterocycles. The van der Waals surface area contributed by atoms with E-state index in [0.29, 0.717) is 17.2 Å². The quantitative estimate of drug-likeness (QED) is 0.864. The van der Waals surface area contributed by atoms with Crippen LogP contribution in [0, 0.1) is 11.6 Å². The topological polar surface area (TPSA) is 44.5 Å². The number of nitrogen functional groups attached to an aromatic ring is 1. The molecule has 0 bridgehead atoms. The van der Waals surface area contributed by atoms with E-state index < -0.39 is 11.6 Å². The van der Waals surface area contributed by atoms with Crippen LogP contribution in [0.3, 0.4) is 0 Å². The Morgan fingerprint density at radius 1 is 1.16 bits per heavy atom. The van der Waals surface area contributed by atoms with E-state index in [9.17, 15) is 8.78 Å². The van der Waals surface area contributed by atoms with Crippen molar-refractivity contribution in [2.45, 2.75) is 6.61 Å². The molecule has 0 atom stereocenters. The molecule has 2 rings (SSSR count). The van der Waals surface area contributed by atoms with E-state index >= 15 is 0 Å². The van der Waals surface area contributed by atoms with Crippen LogP contribution >= 0.6 is 0 Å². The Labute approximate surface area is 109 Å². The molecule has 3 nitrogen and oxygen atoms in total. The first-order chi connectivity index (χ1) is 9.11. The Morgan fingerprint density at radius 2 is 1.95 bits per heavy atom. The SMILES string of the molecule is COc1ccc(N)c(OCc2cccc(F)c2F)c1. The van der Waals surface area contributed by atoms with E-state index in [0.717, 1.165) is 6.07 Å². The molecule has 0 unspecified atom stereocenters. The predicted octanol–water partition coefficient (Wildman–Crippen LogP) is 3.13. The van der Waals surface area contributed by atoms with Crippen LogP contribution in [0.25, 0.3) is 0 Å². The Hall–Kier alpha value is -2.30. The van der Waals surface area contributed by atoms with Gasteiger partial charge in [-0.2, -0.15) is 0 Å². The number of halogens is 2. The van der Waals surface area contributed by atoms with Crippen molar-refractivity contribution in [3.8, 4) is 11.5 Å². The minimum Gasteiger partial charge on any atom is -0.497 e. The van der Waals surface area contributed by atoms with Crippen molar-refractivity contribution in [1.29, 1.82) is 0 Å². The monoisotopic (exact) mass is 265 g/mol. The van der Waals surface area contributed by atoms with Crippen LogP contribution in [0.2, 0.25) is 0 Å². The summed E-state index contributed by atoms with van der Waals surface area (Å²) < 4.78 is 36.9. The van der Waals surface area contributed by atoms with Gasteiger partial charge in [-0.3, -0.25) is 0 Å². The summed E-state index contributed by atoms with van der Waals surface area (Å²) in [5, 5.41) is 0. The molecule has 2 aromatic carbocycles. The molecule has 0 heterocycles. The Bertz CT molecular complexity index is 588. The first kappa shape index (κ1) is 13.1. The predicted molar refractivity (Wildman–Crippen MR) is 68.1 cm³/mol. The largest absolute Gasteiger partial charge is 0.497 e. The zero-order valence-electron chi connectivity index (χ0n) is 10.3. The van der Waals surface area contributed by atoms with Crippen LogP contribution in [-0.4, -0.2) is 7.11 Å². The molecular weight excluding hydrogens is 252 g/mol. The van der Waals surface area contributed by atoms with Crippen LogP contribution in [0.1, 0.15) is 5.56 Å². The summed E-state index contributed by atoms with van der Waals surface area (Å²) >= 11 is 0. The fraction of sp³-hybridized carbons (Fsp3) is 0.143. The van der Waals surface area contributed by atoms with Gasteiger partial charge in [0.25, 0.3) is 0 Å². The van der Waals surface area contributed by atoms with E-state index in [4.69, 9.17) is 15.2 Å². The maximum Gasteiger partial charge on any atom is 0.165 e. The van der Waals surface area contributed by atoms with E-state index in [2.05, 4.69) is 0 Å². The fourth-order valence-corrected chi connectivity index (χ4v) is 1.58. The zero-order chi connectivity index (χ0) is 13.8. The number of ether oxygens (including phenoxy) is 2. The molecule has 5 heteroatoms. The molecular formula is C14H13F2NO2. The normalized spacial score (nSPS) is 10.3. The van der Waals surface area contributed by atoms with Gasteiger partial charge in [0.15, 0.2) is 11.6 Å². The molecule has 0 amide bonds. The second-order valence-electron chi connectivity index (χ2n) is 3.91. The highest BCUT2D eigenvalue weighted by molar-refractivity contribution is 5.55. The minimum atomic E-state index is -0.913. The van der Waals surface area contributed by atoms with Crippen LogP contribution in [0.4, 0.5) is 14.5 Å². The summed E-state index contributed by atoms with van der Waals surface area (Å²) in [5.41, 5.74) is 6.26. The summed E-state index contributed by atoms with van der Waals surface area (Å²) in [6.45, 7) is -0.110. The first-order valence-corrected chi connectivity index (χ1v) is 5.61. The van der Waals surface area contributed by atoms with Crippen molar-refractivity contribution >= 4 is 5.69 Å². The lowest BCUT2D eigenvalue weighted by Crippen LogP contribution is -2.02. The molecule has 0 fully saturated rings. The van der Waals surface area contributed by atoms with Gasteiger partial charge in [0, 0.05) is 11.6 Å². The molecule has 0 saturated heterocycles. The number of anilines is 1. The summed E-state index contributed by atoms with van der Waals surface area (Å²) in [6, 6.07) is 8.83. The number of benzene rings is 2. The Balaban J connectivity index is 2.16. The summed E-state index contributed by atoms with van der Waals surface area (Å²) in [7, 11) is 1.52. The zero-order valence-corrected chi connectivity index (χ0v) is 10.3. The average molecular weight is 265 g/mol. The van der Waals surface area contributed by atoms with Gasteiger partial charge in [0.05, 0.1) is 12.8 Å². The second-order valence-corrected chi connectivity index (χ2v) is 3.91. The molecule has 19 heavy (non-hydrogen) atoms. The van der Waals surface area contributed by atoms with Gasteiger partial charge < -0.3 is 15.2 Å². The van der Waals surface area contributed by atoms with E-state index in [-0.39, 0.29) is 12.2 Å². The third kappa shape index (κ3) is 2.93.